The summed E-state index contributed by atoms with van der Waals surface area (Å²) in [6, 6.07) is 14.5. The lowest BCUT2D eigenvalue weighted by Gasteiger charge is -2.36. The number of carbonyl (C=O) groups excluding carboxylic acids is 3. The molecule has 7 nitrogen and oxygen atoms in total. The van der Waals surface area contributed by atoms with Crippen LogP contribution < -0.4 is 4.90 Å². The highest BCUT2D eigenvalue weighted by Gasteiger charge is 2.37. The highest BCUT2D eigenvalue weighted by atomic mass is 35.5. The number of anilines is 1. The van der Waals surface area contributed by atoms with Crippen molar-refractivity contribution in [1.29, 1.82) is 0 Å². The van der Waals surface area contributed by atoms with Crippen molar-refractivity contribution in [1.82, 2.24) is 9.80 Å². The van der Waals surface area contributed by atoms with Crippen molar-refractivity contribution in [2.45, 2.75) is 0 Å². The van der Waals surface area contributed by atoms with Crippen LogP contribution in [0.25, 0.3) is 6.08 Å². The highest BCUT2D eigenvalue weighted by molar-refractivity contribution is 8.18. The van der Waals surface area contributed by atoms with Gasteiger partial charge in [0.1, 0.15) is 12.3 Å². The molecule has 0 aliphatic carbocycles. The quantitative estimate of drug-likeness (QED) is 0.708. The zero-order valence-electron chi connectivity index (χ0n) is 16.5. The van der Waals surface area contributed by atoms with Gasteiger partial charge in [0, 0.05) is 31.9 Å². The number of aromatic hydroxyl groups is 1. The molecule has 2 aromatic carbocycles. The van der Waals surface area contributed by atoms with Gasteiger partial charge in [0.2, 0.25) is 5.91 Å². The van der Waals surface area contributed by atoms with Crippen LogP contribution in [0.3, 0.4) is 0 Å². The van der Waals surface area contributed by atoms with Gasteiger partial charge in [-0.05, 0) is 47.7 Å². The first-order valence-electron chi connectivity index (χ1n) is 9.74. The van der Waals surface area contributed by atoms with Crippen LogP contribution in [-0.2, 0) is 9.59 Å². The standard InChI is InChI=1S/C22H20ClN3O4S/c23-17-12-15(6-7-18(17)27)13-19-21(29)26(22(30)31-19)14-20(28)25-10-8-24(9-11-25)16-4-2-1-3-5-16/h1-7,12-13,27H,8-11,14H2/b19-13+. The molecule has 2 aliphatic heterocycles. The van der Waals surface area contributed by atoms with Gasteiger partial charge < -0.3 is 14.9 Å². The average Bonchev–Trinajstić information content (AvgIpc) is 3.04. The summed E-state index contributed by atoms with van der Waals surface area (Å²) in [4.78, 5) is 42.8. The minimum absolute atomic E-state index is 0.0649. The first kappa shape index (κ1) is 21.3. The highest BCUT2D eigenvalue weighted by Crippen LogP contribution is 2.33. The van der Waals surface area contributed by atoms with Gasteiger partial charge in [-0.3, -0.25) is 19.3 Å². The lowest BCUT2D eigenvalue weighted by atomic mass is 10.2. The van der Waals surface area contributed by atoms with E-state index in [2.05, 4.69) is 4.90 Å². The fourth-order valence-electron chi connectivity index (χ4n) is 3.49. The molecule has 160 valence electrons. The van der Waals surface area contributed by atoms with Crippen molar-refractivity contribution in [2.75, 3.05) is 37.6 Å². The molecular weight excluding hydrogens is 438 g/mol. The van der Waals surface area contributed by atoms with Crippen molar-refractivity contribution in [3.05, 3.63) is 64.0 Å². The van der Waals surface area contributed by atoms with Gasteiger partial charge in [0.15, 0.2) is 0 Å². The van der Waals surface area contributed by atoms with Gasteiger partial charge in [0.25, 0.3) is 11.1 Å². The first-order valence-corrected chi connectivity index (χ1v) is 10.9. The molecule has 0 aromatic heterocycles. The number of thioether (sulfide) groups is 1. The van der Waals surface area contributed by atoms with Crippen molar-refractivity contribution < 1.29 is 19.5 Å². The Kier molecular flexibility index (Phi) is 6.20. The molecule has 3 amide bonds. The minimum Gasteiger partial charge on any atom is -0.506 e. The van der Waals surface area contributed by atoms with E-state index in [1.54, 1.807) is 11.0 Å². The third-order valence-electron chi connectivity index (χ3n) is 5.19. The average molecular weight is 458 g/mol. The molecule has 31 heavy (non-hydrogen) atoms. The molecule has 4 rings (SSSR count). The molecule has 0 radical (unpaired) electrons. The number of imide groups is 1. The molecule has 0 unspecified atom stereocenters. The monoisotopic (exact) mass is 457 g/mol. The van der Waals surface area contributed by atoms with Crippen LogP contribution in [0.5, 0.6) is 5.75 Å². The van der Waals surface area contributed by atoms with E-state index in [0.717, 1.165) is 22.3 Å². The van der Waals surface area contributed by atoms with E-state index in [4.69, 9.17) is 11.6 Å². The van der Waals surface area contributed by atoms with Crippen LogP contribution >= 0.6 is 23.4 Å². The van der Waals surface area contributed by atoms with Gasteiger partial charge in [-0.15, -0.1) is 0 Å². The Bertz CT molecular complexity index is 1050. The summed E-state index contributed by atoms with van der Waals surface area (Å²) in [6.45, 7) is 2.18. The minimum atomic E-state index is -0.504. The molecule has 0 saturated carbocycles. The van der Waals surface area contributed by atoms with Gasteiger partial charge in [0.05, 0.1) is 9.93 Å². The second-order valence-electron chi connectivity index (χ2n) is 7.18. The number of piperazine rings is 1. The molecule has 1 N–H and O–H groups in total. The largest absolute Gasteiger partial charge is 0.506 e. The van der Waals surface area contributed by atoms with E-state index in [-0.39, 0.29) is 28.1 Å². The van der Waals surface area contributed by atoms with Gasteiger partial charge in [-0.25, -0.2) is 0 Å². The maximum atomic E-state index is 12.7. The second-order valence-corrected chi connectivity index (χ2v) is 8.58. The third kappa shape index (κ3) is 4.70. The van der Waals surface area contributed by atoms with Crippen LogP contribution in [0.1, 0.15) is 5.56 Å². The molecule has 2 fully saturated rings. The number of hydrogen-bond acceptors (Lipinski definition) is 6. The summed E-state index contributed by atoms with van der Waals surface area (Å²) >= 11 is 6.68. The number of hydrogen-bond donors (Lipinski definition) is 1. The number of halogens is 1. The van der Waals surface area contributed by atoms with E-state index in [9.17, 15) is 19.5 Å². The Balaban J connectivity index is 1.37. The number of benzene rings is 2. The van der Waals surface area contributed by atoms with Crippen molar-refractivity contribution in [3.63, 3.8) is 0 Å². The molecule has 9 heteroatoms. The van der Waals surface area contributed by atoms with Crippen LogP contribution in [0.4, 0.5) is 10.5 Å². The first-order chi connectivity index (χ1) is 14.9. The predicted octanol–water partition coefficient (Wildman–Crippen LogP) is 3.43. The van der Waals surface area contributed by atoms with Crippen molar-refractivity contribution >= 4 is 52.2 Å². The molecule has 2 aromatic rings. The number of rotatable bonds is 4. The van der Waals surface area contributed by atoms with E-state index < -0.39 is 11.1 Å². The Morgan fingerprint density at radius 1 is 1.06 bits per heavy atom. The summed E-state index contributed by atoms with van der Waals surface area (Å²) in [5, 5.41) is 9.19. The predicted molar refractivity (Wildman–Crippen MR) is 121 cm³/mol. The molecule has 2 heterocycles. The van der Waals surface area contributed by atoms with E-state index >= 15 is 0 Å². The number of amides is 3. The van der Waals surface area contributed by atoms with Crippen LogP contribution in [0.15, 0.2) is 53.4 Å². The lowest BCUT2D eigenvalue weighted by Crippen LogP contribution is -2.51. The Morgan fingerprint density at radius 2 is 1.77 bits per heavy atom. The summed E-state index contributed by atoms with van der Waals surface area (Å²) in [5.41, 5.74) is 1.69. The van der Waals surface area contributed by atoms with Crippen LogP contribution in [0, 0.1) is 0 Å². The Morgan fingerprint density at radius 3 is 2.45 bits per heavy atom. The molecular formula is C22H20ClN3O4S. The molecule has 0 atom stereocenters. The van der Waals surface area contributed by atoms with E-state index in [0.29, 0.717) is 31.7 Å². The summed E-state index contributed by atoms with van der Waals surface area (Å²) in [7, 11) is 0. The molecule has 0 bridgehead atoms. The topological polar surface area (TPSA) is 81.2 Å². The number of phenolic OH excluding ortho intramolecular Hbond substituents is 1. The fourth-order valence-corrected chi connectivity index (χ4v) is 4.52. The smallest absolute Gasteiger partial charge is 0.294 e. The van der Waals surface area contributed by atoms with Gasteiger partial charge in [-0.2, -0.15) is 0 Å². The van der Waals surface area contributed by atoms with E-state index in [1.165, 1.54) is 18.2 Å². The summed E-state index contributed by atoms with van der Waals surface area (Å²) in [5.74, 6) is -0.815. The molecule has 2 saturated heterocycles. The third-order valence-corrected chi connectivity index (χ3v) is 6.40. The SMILES string of the molecule is O=C(CN1C(=O)S/C(=C/c2ccc(O)c(Cl)c2)C1=O)N1CCN(c2ccccc2)CC1. The maximum Gasteiger partial charge on any atom is 0.294 e. The Hall–Kier alpha value is -2.97. The maximum absolute atomic E-state index is 12.7. The zero-order valence-corrected chi connectivity index (χ0v) is 18.1. The zero-order chi connectivity index (χ0) is 22.0. The summed E-state index contributed by atoms with van der Waals surface area (Å²) in [6.07, 6.45) is 1.53. The Labute approximate surface area is 188 Å². The second kappa shape index (κ2) is 9.03. The lowest BCUT2D eigenvalue weighted by molar-refractivity contribution is -0.136. The van der Waals surface area contributed by atoms with Crippen LogP contribution in [-0.4, -0.2) is 64.7 Å². The van der Waals surface area contributed by atoms with Crippen molar-refractivity contribution in [2.24, 2.45) is 0 Å². The number of carbonyl (C=O) groups is 3. The van der Waals surface area contributed by atoms with Crippen molar-refractivity contribution in [3.8, 4) is 5.75 Å². The fraction of sp³-hybridized carbons (Fsp3) is 0.227. The number of nitrogens with zero attached hydrogens (tertiary/aromatic N) is 3. The van der Waals surface area contributed by atoms with E-state index in [1.807, 2.05) is 30.3 Å². The number of para-hydroxylation sites is 1. The molecule has 0 spiro atoms. The van der Waals surface area contributed by atoms with Crippen LogP contribution in [0.2, 0.25) is 5.02 Å². The van der Waals surface area contributed by atoms with Gasteiger partial charge >= 0.3 is 0 Å². The summed E-state index contributed by atoms with van der Waals surface area (Å²) < 4.78 is 0. The number of phenols is 1. The molecule has 2 aliphatic rings. The normalized spacial score (nSPS) is 18.2. The van der Waals surface area contributed by atoms with Gasteiger partial charge in [-0.1, -0.05) is 35.9 Å².